The number of hydrogen-bond acceptors (Lipinski definition) is 4. The Morgan fingerprint density at radius 2 is 2.31 bits per heavy atom. The van der Waals surface area contributed by atoms with E-state index in [-0.39, 0.29) is 5.92 Å². The van der Waals surface area contributed by atoms with Crippen molar-refractivity contribution in [2.45, 2.75) is 20.3 Å². The number of allylic oxidation sites excluding steroid dienone is 1. The topological polar surface area (TPSA) is 50.7 Å². The Hall–Kier alpha value is -0.970. The summed E-state index contributed by atoms with van der Waals surface area (Å²) in [4.78, 5) is 15.5. The lowest BCUT2D eigenvalue weighted by atomic mass is 10.1. The van der Waals surface area contributed by atoms with Crippen molar-refractivity contribution in [3.63, 3.8) is 0 Å². The molecule has 1 N–H and O–H groups in total. The molecule has 0 fully saturated rings. The van der Waals surface area contributed by atoms with Crippen LogP contribution in [0.5, 0.6) is 0 Å². The predicted octanol–water partition coefficient (Wildman–Crippen LogP) is 2.66. The normalized spacial score (nSPS) is 11.4. The van der Waals surface area contributed by atoms with Crippen molar-refractivity contribution in [3.05, 3.63) is 12.7 Å². The van der Waals surface area contributed by atoms with Gasteiger partial charge < -0.3 is 5.32 Å². The number of rotatable bonds is 7. The Morgan fingerprint density at radius 3 is 2.81 bits per heavy atom. The van der Waals surface area contributed by atoms with Gasteiger partial charge >= 0.3 is 6.09 Å². The molecule has 0 aliphatic carbocycles. The third-order valence-corrected chi connectivity index (χ3v) is 2.86. The zero-order chi connectivity index (χ0) is 12.4. The Labute approximate surface area is 101 Å². The first-order valence-corrected chi connectivity index (χ1v) is 6.41. The molecule has 0 rings (SSSR count). The zero-order valence-corrected chi connectivity index (χ0v) is 11.0. The molecular weight excluding hydrogens is 224 g/mol. The molecule has 0 aromatic carbocycles. The van der Waals surface area contributed by atoms with Gasteiger partial charge in [-0.1, -0.05) is 25.1 Å². The van der Waals surface area contributed by atoms with Crippen LogP contribution in [-0.4, -0.2) is 30.4 Å². The molecule has 16 heavy (non-hydrogen) atoms. The van der Waals surface area contributed by atoms with E-state index in [4.69, 9.17) is 0 Å². The second kappa shape index (κ2) is 9.27. The number of nitrogens with one attached hydrogen (secondary N) is 1. The van der Waals surface area contributed by atoms with Crippen LogP contribution >= 0.6 is 11.8 Å². The van der Waals surface area contributed by atoms with E-state index in [1.165, 1.54) is 7.05 Å². The van der Waals surface area contributed by atoms with Gasteiger partial charge in [-0.05, 0) is 18.1 Å². The maximum Gasteiger partial charge on any atom is 0.433 e. The van der Waals surface area contributed by atoms with Gasteiger partial charge in [-0.15, -0.1) is 6.58 Å². The third kappa shape index (κ3) is 7.34. The van der Waals surface area contributed by atoms with Gasteiger partial charge in [-0.3, -0.25) is 4.84 Å². The second-order valence-electron chi connectivity index (χ2n) is 3.50. The van der Waals surface area contributed by atoms with Gasteiger partial charge in [-0.25, -0.2) is 4.79 Å². The molecule has 0 radical (unpaired) electrons. The first-order chi connectivity index (χ1) is 7.61. The molecule has 0 saturated carbocycles. The average Bonchev–Trinajstić information content (AvgIpc) is 2.27. The summed E-state index contributed by atoms with van der Waals surface area (Å²) in [6, 6.07) is 0. The van der Waals surface area contributed by atoms with Crippen LogP contribution in [-0.2, 0) is 4.84 Å². The molecule has 0 aromatic rings. The van der Waals surface area contributed by atoms with Crippen molar-refractivity contribution in [1.29, 1.82) is 0 Å². The number of nitrogens with zero attached hydrogens (tertiary/aromatic N) is 1. The molecule has 92 valence electrons. The Bertz CT molecular complexity index is 252. The van der Waals surface area contributed by atoms with Crippen LogP contribution < -0.4 is 5.32 Å². The molecule has 0 aliphatic rings. The number of carbonyl (C=O) groups excluding carboxylic acids is 1. The van der Waals surface area contributed by atoms with Gasteiger partial charge in [0.25, 0.3) is 0 Å². The number of thioether (sulfide) groups is 1. The highest BCUT2D eigenvalue weighted by molar-refractivity contribution is 7.99. The summed E-state index contributed by atoms with van der Waals surface area (Å²) in [7, 11) is 1.51. The number of carbonyl (C=O) groups is 1. The van der Waals surface area contributed by atoms with Gasteiger partial charge in [-0.2, -0.15) is 11.8 Å². The Morgan fingerprint density at radius 1 is 1.62 bits per heavy atom. The summed E-state index contributed by atoms with van der Waals surface area (Å²) in [5.74, 6) is 2.07. The highest BCUT2D eigenvalue weighted by Gasteiger charge is 2.07. The standard InChI is InChI=1S/C11H20N2O2S/c1-5-6-7-16-8-10(9(2)3)13-15-11(14)12-4/h5,9H,1,6-8H2,2-4H3,(H,12,14). The van der Waals surface area contributed by atoms with Crippen molar-refractivity contribution in [2.75, 3.05) is 18.6 Å². The molecule has 0 saturated heterocycles. The van der Waals surface area contributed by atoms with Crippen LogP contribution in [0.2, 0.25) is 0 Å². The summed E-state index contributed by atoms with van der Waals surface area (Å²) in [5.41, 5.74) is 0.887. The minimum absolute atomic E-state index is 0.279. The smallest absolute Gasteiger partial charge is 0.323 e. The van der Waals surface area contributed by atoms with Crippen LogP contribution in [0.25, 0.3) is 0 Å². The molecule has 0 aliphatic heterocycles. The van der Waals surface area contributed by atoms with Gasteiger partial charge in [0.15, 0.2) is 0 Å². The molecule has 0 spiro atoms. The molecule has 0 bridgehead atoms. The summed E-state index contributed by atoms with van der Waals surface area (Å²) in [5, 5.41) is 6.20. The lowest BCUT2D eigenvalue weighted by Gasteiger charge is -2.08. The summed E-state index contributed by atoms with van der Waals surface area (Å²) in [6.07, 6.45) is 2.33. The number of hydrogen-bond donors (Lipinski definition) is 1. The predicted molar refractivity (Wildman–Crippen MR) is 70.0 cm³/mol. The lowest BCUT2D eigenvalue weighted by Crippen LogP contribution is -2.19. The van der Waals surface area contributed by atoms with E-state index >= 15 is 0 Å². The van der Waals surface area contributed by atoms with Gasteiger partial charge in [0, 0.05) is 12.8 Å². The van der Waals surface area contributed by atoms with Crippen LogP contribution in [0, 0.1) is 5.92 Å². The minimum Gasteiger partial charge on any atom is -0.323 e. The van der Waals surface area contributed by atoms with Crippen LogP contribution in [0.3, 0.4) is 0 Å². The molecule has 4 nitrogen and oxygen atoms in total. The minimum atomic E-state index is -0.533. The van der Waals surface area contributed by atoms with Gasteiger partial charge in [0.1, 0.15) is 0 Å². The number of amides is 1. The first kappa shape index (κ1) is 15.0. The van der Waals surface area contributed by atoms with E-state index < -0.39 is 6.09 Å². The van der Waals surface area contributed by atoms with Crippen LogP contribution in [0.1, 0.15) is 20.3 Å². The molecular formula is C11H20N2O2S. The fourth-order valence-corrected chi connectivity index (χ4v) is 1.86. The van der Waals surface area contributed by atoms with E-state index in [1.54, 1.807) is 11.8 Å². The quantitative estimate of drug-likeness (QED) is 0.246. The van der Waals surface area contributed by atoms with Crippen molar-refractivity contribution in [2.24, 2.45) is 11.1 Å². The van der Waals surface area contributed by atoms with Crippen molar-refractivity contribution < 1.29 is 9.63 Å². The Kier molecular flexibility index (Phi) is 8.71. The van der Waals surface area contributed by atoms with Crippen LogP contribution in [0.15, 0.2) is 17.8 Å². The highest BCUT2D eigenvalue weighted by Crippen LogP contribution is 2.09. The largest absolute Gasteiger partial charge is 0.433 e. The van der Waals surface area contributed by atoms with E-state index in [2.05, 4.69) is 21.9 Å². The lowest BCUT2D eigenvalue weighted by molar-refractivity contribution is 0.152. The van der Waals surface area contributed by atoms with Crippen molar-refractivity contribution in [1.82, 2.24) is 5.32 Å². The molecule has 1 amide bonds. The monoisotopic (exact) mass is 244 g/mol. The summed E-state index contributed by atoms with van der Waals surface area (Å²) < 4.78 is 0. The molecule has 0 unspecified atom stereocenters. The fourth-order valence-electron chi connectivity index (χ4n) is 0.788. The van der Waals surface area contributed by atoms with E-state index in [0.717, 1.165) is 23.6 Å². The van der Waals surface area contributed by atoms with E-state index in [1.807, 2.05) is 19.9 Å². The second-order valence-corrected chi connectivity index (χ2v) is 4.60. The number of oxime groups is 1. The molecule has 0 heterocycles. The SMILES string of the molecule is C=CCCSCC(=NOC(=O)NC)C(C)C. The van der Waals surface area contributed by atoms with Crippen LogP contribution in [0.4, 0.5) is 4.79 Å². The first-order valence-electron chi connectivity index (χ1n) is 5.26. The van der Waals surface area contributed by atoms with Gasteiger partial charge in [0.05, 0.1) is 5.71 Å². The van der Waals surface area contributed by atoms with Crippen molar-refractivity contribution in [3.8, 4) is 0 Å². The Balaban J connectivity index is 4.05. The molecule has 0 atom stereocenters. The zero-order valence-electron chi connectivity index (χ0n) is 10.2. The van der Waals surface area contributed by atoms with Gasteiger partial charge in [0.2, 0.25) is 0 Å². The summed E-state index contributed by atoms with van der Waals surface area (Å²) in [6.45, 7) is 7.72. The van der Waals surface area contributed by atoms with Crippen molar-refractivity contribution >= 4 is 23.6 Å². The maximum absolute atomic E-state index is 10.9. The maximum atomic E-state index is 10.9. The van der Waals surface area contributed by atoms with E-state index in [9.17, 15) is 4.79 Å². The average molecular weight is 244 g/mol. The molecule has 0 aromatic heterocycles. The summed E-state index contributed by atoms with van der Waals surface area (Å²) >= 11 is 1.76. The molecule has 5 heteroatoms. The van der Waals surface area contributed by atoms with E-state index in [0.29, 0.717) is 0 Å². The fraction of sp³-hybridized carbons (Fsp3) is 0.636. The third-order valence-electron chi connectivity index (χ3n) is 1.83. The highest BCUT2D eigenvalue weighted by atomic mass is 32.2.